The van der Waals surface area contributed by atoms with Crippen molar-refractivity contribution in [2.24, 2.45) is 0 Å². The Kier molecular flexibility index (Phi) is 3.87. The monoisotopic (exact) mass is 263 g/mol. The van der Waals surface area contributed by atoms with Crippen molar-refractivity contribution in [3.05, 3.63) is 35.4 Å². The number of rotatable bonds is 3. The molecular weight excluding hydrogens is 250 g/mol. The molecule has 2 rings (SSSR count). The average molecular weight is 263 g/mol. The van der Waals surface area contributed by atoms with Crippen LogP contribution in [0.2, 0.25) is 0 Å². The molecule has 1 aromatic carbocycles. The number of alkyl halides is 4. The molecule has 1 aromatic rings. The maximum Gasteiger partial charge on any atom is 0.416 e. The first-order valence-corrected chi connectivity index (χ1v) is 5.59. The highest BCUT2D eigenvalue weighted by Gasteiger charge is 2.31. The molecule has 0 amide bonds. The van der Waals surface area contributed by atoms with Gasteiger partial charge in [-0.15, -0.1) is 0 Å². The second kappa shape index (κ2) is 5.24. The Morgan fingerprint density at radius 3 is 2.67 bits per heavy atom. The summed E-state index contributed by atoms with van der Waals surface area (Å²) >= 11 is 0. The molecule has 1 saturated heterocycles. The predicted octanol–water partition coefficient (Wildman–Crippen LogP) is 2.53. The Hall–Kier alpha value is -1.14. The van der Waals surface area contributed by atoms with E-state index in [1.165, 1.54) is 12.1 Å². The minimum absolute atomic E-state index is 0.0172. The predicted molar refractivity (Wildman–Crippen MR) is 57.8 cm³/mol. The van der Waals surface area contributed by atoms with Gasteiger partial charge in [0.05, 0.1) is 12.2 Å². The van der Waals surface area contributed by atoms with Gasteiger partial charge in [-0.25, -0.2) is 4.39 Å². The van der Waals surface area contributed by atoms with Gasteiger partial charge in [0.1, 0.15) is 12.3 Å². The molecule has 100 valence electrons. The fourth-order valence-corrected chi connectivity index (χ4v) is 1.83. The Balaban J connectivity index is 1.97. The van der Waals surface area contributed by atoms with Gasteiger partial charge in [-0.2, -0.15) is 13.2 Å². The van der Waals surface area contributed by atoms with Crippen molar-refractivity contribution >= 4 is 0 Å². The van der Waals surface area contributed by atoms with Crippen LogP contribution in [0.1, 0.15) is 11.1 Å². The van der Waals surface area contributed by atoms with E-state index in [1.54, 1.807) is 0 Å². The summed E-state index contributed by atoms with van der Waals surface area (Å²) in [5.41, 5.74) is -0.325. The summed E-state index contributed by atoms with van der Waals surface area (Å²) in [4.78, 5) is 0. The van der Waals surface area contributed by atoms with Gasteiger partial charge in [-0.1, -0.05) is 12.1 Å². The minimum Gasteiger partial charge on any atom is -0.369 e. The number of hydrogen-bond acceptors (Lipinski definition) is 2. The van der Waals surface area contributed by atoms with Crippen molar-refractivity contribution in [1.82, 2.24) is 5.32 Å². The highest BCUT2D eigenvalue weighted by Crippen LogP contribution is 2.29. The molecule has 0 spiro atoms. The second-order valence-electron chi connectivity index (χ2n) is 4.22. The van der Waals surface area contributed by atoms with E-state index in [2.05, 4.69) is 5.32 Å². The van der Waals surface area contributed by atoms with E-state index in [0.29, 0.717) is 12.1 Å². The van der Waals surface area contributed by atoms with E-state index in [4.69, 9.17) is 4.74 Å². The summed E-state index contributed by atoms with van der Waals surface area (Å²) in [5, 5.41) is 2.81. The summed E-state index contributed by atoms with van der Waals surface area (Å²) in [5.74, 6) is 0. The van der Waals surface area contributed by atoms with Gasteiger partial charge >= 0.3 is 6.18 Å². The maximum absolute atomic E-state index is 13.2. The number of halogens is 4. The lowest BCUT2D eigenvalue weighted by Crippen LogP contribution is -2.23. The standard InChI is InChI=1S/C12H13F4NO/c13-10-5-17-6-11(10)18-7-8-2-1-3-9(4-8)12(14,15)16/h1-4,10-11,17H,5-7H2. The Labute approximate surface area is 102 Å². The lowest BCUT2D eigenvalue weighted by Gasteiger charge is -2.14. The summed E-state index contributed by atoms with van der Waals surface area (Å²) in [6, 6.07) is 4.88. The molecular formula is C12H13F4NO. The smallest absolute Gasteiger partial charge is 0.369 e. The zero-order chi connectivity index (χ0) is 13.2. The summed E-state index contributed by atoms with van der Waals surface area (Å²) in [6.07, 6.45) is -6.05. The van der Waals surface area contributed by atoms with E-state index in [9.17, 15) is 17.6 Å². The van der Waals surface area contributed by atoms with E-state index < -0.39 is 24.0 Å². The van der Waals surface area contributed by atoms with Crippen LogP contribution >= 0.6 is 0 Å². The summed E-state index contributed by atoms with van der Waals surface area (Å²) in [6.45, 7) is 0.601. The zero-order valence-electron chi connectivity index (χ0n) is 9.51. The number of ether oxygens (including phenoxy) is 1. The lowest BCUT2D eigenvalue weighted by molar-refractivity contribution is -0.137. The molecule has 0 saturated carbocycles. The van der Waals surface area contributed by atoms with E-state index in [1.807, 2.05) is 0 Å². The molecule has 0 radical (unpaired) electrons. The molecule has 0 aliphatic carbocycles. The fraction of sp³-hybridized carbons (Fsp3) is 0.500. The molecule has 18 heavy (non-hydrogen) atoms. The van der Waals surface area contributed by atoms with Crippen molar-refractivity contribution in [1.29, 1.82) is 0 Å². The molecule has 2 unspecified atom stereocenters. The van der Waals surface area contributed by atoms with Gasteiger partial charge in [-0.05, 0) is 17.7 Å². The Morgan fingerprint density at radius 1 is 1.28 bits per heavy atom. The molecule has 0 aromatic heterocycles. The molecule has 1 N–H and O–H groups in total. The van der Waals surface area contributed by atoms with Crippen molar-refractivity contribution in [3.63, 3.8) is 0 Å². The van der Waals surface area contributed by atoms with Crippen LogP contribution in [0.15, 0.2) is 24.3 Å². The van der Waals surface area contributed by atoms with Crippen LogP contribution in [0, 0.1) is 0 Å². The molecule has 1 aliphatic rings. The van der Waals surface area contributed by atoms with Gasteiger partial charge in [0, 0.05) is 13.1 Å². The number of benzene rings is 1. The molecule has 0 bridgehead atoms. The zero-order valence-corrected chi connectivity index (χ0v) is 9.51. The topological polar surface area (TPSA) is 21.3 Å². The quantitative estimate of drug-likeness (QED) is 0.846. The van der Waals surface area contributed by atoms with Crippen molar-refractivity contribution in [2.45, 2.75) is 25.1 Å². The van der Waals surface area contributed by atoms with E-state index in [-0.39, 0.29) is 13.2 Å². The normalized spacial score (nSPS) is 24.4. The highest BCUT2D eigenvalue weighted by molar-refractivity contribution is 5.25. The number of hydrogen-bond donors (Lipinski definition) is 1. The first kappa shape index (κ1) is 13.3. The second-order valence-corrected chi connectivity index (χ2v) is 4.22. The summed E-state index contributed by atoms with van der Waals surface area (Å²) < 4.78 is 55.8. The van der Waals surface area contributed by atoms with Crippen LogP contribution in [-0.2, 0) is 17.5 Å². The first-order valence-electron chi connectivity index (χ1n) is 5.59. The van der Waals surface area contributed by atoms with Crippen LogP contribution in [0.4, 0.5) is 17.6 Å². The van der Waals surface area contributed by atoms with Crippen LogP contribution in [-0.4, -0.2) is 25.4 Å². The molecule has 1 fully saturated rings. The van der Waals surface area contributed by atoms with Crippen LogP contribution in [0.3, 0.4) is 0 Å². The van der Waals surface area contributed by atoms with Gasteiger partial charge < -0.3 is 10.1 Å². The van der Waals surface area contributed by atoms with E-state index >= 15 is 0 Å². The first-order chi connectivity index (χ1) is 8.47. The molecule has 1 heterocycles. The van der Waals surface area contributed by atoms with Gasteiger partial charge in [0.2, 0.25) is 0 Å². The highest BCUT2D eigenvalue weighted by atomic mass is 19.4. The van der Waals surface area contributed by atoms with Crippen LogP contribution in [0.25, 0.3) is 0 Å². The molecule has 1 aliphatic heterocycles. The molecule has 2 nitrogen and oxygen atoms in total. The van der Waals surface area contributed by atoms with Crippen molar-refractivity contribution in [3.8, 4) is 0 Å². The fourth-order valence-electron chi connectivity index (χ4n) is 1.83. The number of nitrogens with one attached hydrogen (secondary N) is 1. The minimum atomic E-state index is -4.37. The Bertz CT molecular complexity index is 407. The van der Waals surface area contributed by atoms with E-state index in [0.717, 1.165) is 12.1 Å². The SMILES string of the molecule is FC1CNCC1OCc1cccc(C(F)(F)F)c1. The van der Waals surface area contributed by atoms with Gasteiger partial charge in [0.25, 0.3) is 0 Å². The average Bonchev–Trinajstić information content (AvgIpc) is 2.72. The van der Waals surface area contributed by atoms with Crippen molar-refractivity contribution in [2.75, 3.05) is 13.1 Å². The van der Waals surface area contributed by atoms with Crippen LogP contribution < -0.4 is 5.32 Å². The molecule has 6 heteroatoms. The molecule has 2 atom stereocenters. The van der Waals surface area contributed by atoms with Crippen LogP contribution in [0.5, 0.6) is 0 Å². The van der Waals surface area contributed by atoms with Gasteiger partial charge in [0.15, 0.2) is 0 Å². The lowest BCUT2D eigenvalue weighted by atomic mass is 10.1. The van der Waals surface area contributed by atoms with Gasteiger partial charge in [-0.3, -0.25) is 0 Å². The summed E-state index contributed by atoms with van der Waals surface area (Å²) in [7, 11) is 0. The van der Waals surface area contributed by atoms with Crippen molar-refractivity contribution < 1.29 is 22.3 Å². The third-order valence-electron chi connectivity index (χ3n) is 2.81. The Morgan fingerprint density at radius 2 is 2.06 bits per heavy atom. The maximum atomic E-state index is 13.2. The third kappa shape index (κ3) is 3.20. The third-order valence-corrected chi connectivity index (χ3v) is 2.81. The largest absolute Gasteiger partial charge is 0.416 e.